The normalized spacial score (nSPS) is 24.3. The number of benzene rings is 1. The van der Waals surface area contributed by atoms with E-state index in [1.807, 2.05) is 51.2 Å². The van der Waals surface area contributed by atoms with Crippen molar-refractivity contribution in [1.82, 2.24) is 4.98 Å². The highest BCUT2D eigenvalue weighted by atomic mass is 16.7. The Bertz CT molecular complexity index is 1170. The molecule has 0 saturated carbocycles. The minimum Gasteiger partial charge on any atom is -0.455 e. The van der Waals surface area contributed by atoms with E-state index in [9.17, 15) is 19.2 Å². The fourth-order valence-electron chi connectivity index (χ4n) is 4.92. The van der Waals surface area contributed by atoms with Crippen molar-refractivity contribution in [1.29, 1.82) is 0 Å². The third kappa shape index (κ3) is 7.62. The number of carbonyl (C=O) groups excluding carboxylic acids is 4. The van der Waals surface area contributed by atoms with Crippen LogP contribution in [0.3, 0.4) is 0 Å². The number of rotatable bonds is 13. The SMILES string of the molecule is CCCC(=O)O[C@@H]1[C@@H](OC(=O)CCc2c[nH]c3ccccc23)O[C@@H](C)[C@@H](OC(=O)CCC)[C@]1(C)OC(=O)CCC. The second-order valence-electron chi connectivity index (χ2n) is 10.3. The van der Waals surface area contributed by atoms with E-state index in [0.29, 0.717) is 25.7 Å². The van der Waals surface area contributed by atoms with Gasteiger partial charge in [-0.25, -0.2) is 0 Å². The average Bonchev–Trinajstić information content (AvgIpc) is 3.31. The summed E-state index contributed by atoms with van der Waals surface area (Å²) in [6.07, 6.45) is -0.463. The van der Waals surface area contributed by atoms with Gasteiger partial charge in [-0.1, -0.05) is 39.0 Å². The number of aromatic nitrogens is 1. The zero-order valence-corrected chi connectivity index (χ0v) is 24.0. The third-order valence-electron chi connectivity index (χ3n) is 6.89. The molecule has 1 aromatic heterocycles. The number of H-pyrrole nitrogens is 1. The molecule has 2 aromatic rings. The van der Waals surface area contributed by atoms with Crippen LogP contribution >= 0.6 is 0 Å². The lowest BCUT2D eigenvalue weighted by Gasteiger charge is -2.49. The molecule has 2 heterocycles. The Morgan fingerprint density at radius 3 is 2.05 bits per heavy atom. The van der Waals surface area contributed by atoms with Gasteiger partial charge in [-0.05, 0) is 51.2 Å². The Morgan fingerprint density at radius 2 is 1.40 bits per heavy atom. The monoisotopic (exact) mass is 559 g/mol. The van der Waals surface area contributed by atoms with E-state index in [4.69, 9.17) is 23.7 Å². The lowest BCUT2D eigenvalue weighted by atomic mass is 9.85. The highest BCUT2D eigenvalue weighted by Crippen LogP contribution is 2.38. The van der Waals surface area contributed by atoms with Crippen LogP contribution in [-0.2, 0) is 49.3 Å². The number of hydrogen-bond acceptors (Lipinski definition) is 9. The van der Waals surface area contributed by atoms with Crippen LogP contribution in [0.2, 0.25) is 0 Å². The minimum atomic E-state index is -1.67. The summed E-state index contributed by atoms with van der Waals surface area (Å²) in [6, 6.07) is 7.77. The van der Waals surface area contributed by atoms with Gasteiger partial charge in [-0.3, -0.25) is 19.2 Å². The summed E-state index contributed by atoms with van der Waals surface area (Å²) in [5, 5.41) is 1.01. The van der Waals surface area contributed by atoms with Gasteiger partial charge in [-0.2, -0.15) is 0 Å². The smallest absolute Gasteiger partial charge is 0.308 e. The lowest BCUT2D eigenvalue weighted by Crippen LogP contribution is -2.68. The minimum absolute atomic E-state index is 0.0347. The number of carbonyl (C=O) groups is 4. The van der Waals surface area contributed by atoms with E-state index in [2.05, 4.69) is 4.98 Å². The van der Waals surface area contributed by atoms with Gasteiger partial charge in [0.05, 0.1) is 0 Å². The Kier molecular flexibility index (Phi) is 11.1. The predicted octanol–water partition coefficient (Wildman–Crippen LogP) is 4.91. The number of aryl methyl sites for hydroxylation is 1. The molecule has 1 fully saturated rings. The van der Waals surface area contributed by atoms with Gasteiger partial charge in [0, 0.05) is 42.8 Å². The van der Waals surface area contributed by atoms with Crippen molar-refractivity contribution in [2.24, 2.45) is 0 Å². The number of ether oxygens (including phenoxy) is 5. The van der Waals surface area contributed by atoms with Gasteiger partial charge in [0.15, 0.2) is 11.7 Å². The van der Waals surface area contributed by atoms with Crippen molar-refractivity contribution in [3.05, 3.63) is 36.0 Å². The molecule has 1 saturated heterocycles. The molecule has 5 atom stereocenters. The maximum absolute atomic E-state index is 13.0. The van der Waals surface area contributed by atoms with Crippen LogP contribution in [0.15, 0.2) is 30.5 Å². The van der Waals surface area contributed by atoms with Crippen LogP contribution in [0.4, 0.5) is 0 Å². The van der Waals surface area contributed by atoms with Gasteiger partial charge in [0.25, 0.3) is 0 Å². The first-order chi connectivity index (χ1) is 19.1. The summed E-state index contributed by atoms with van der Waals surface area (Å²) < 4.78 is 29.1. The van der Waals surface area contributed by atoms with Crippen LogP contribution in [0.1, 0.15) is 85.1 Å². The summed E-state index contributed by atoms with van der Waals surface area (Å²) >= 11 is 0. The van der Waals surface area contributed by atoms with Crippen molar-refractivity contribution >= 4 is 34.8 Å². The molecule has 10 heteroatoms. The lowest BCUT2D eigenvalue weighted by molar-refractivity contribution is -0.320. The maximum Gasteiger partial charge on any atom is 0.308 e. The number of fused-ring (bicyclic) bond motifs is 1. The number of aromatic amines is 1. The van der Waals surface area contributed by atoms with Gasteiger partial charge < -0.3 is 28.7 Å². The molecule has 1 aliphatic heterocycles. The fraction of sp³-hybridized carbons (Fsp3) is 0.600. The molecule has 0 amide bonds. The summed E-state index contributed by atoms with van der Waals surface area (Å²) in [6.45, 7) is 8.64. The Labute approximate surface area is 235 Å². The van der Waals surface area contributed by atoms with E-state index in [0.717, 1.165) is 16.5 Å². The second-order valence-corrected chi connectivity index (χ2v) is 10.3. The standard InChI is InChI=1S/C30H41NO9/c1-6-11-23(32)37-27-19(4)36-29(28(38-24(33)12-7-2)30(27,5)40-26(35)13-8-3)39-25(34)17-16-20-18-31-22-15-10-9-14-21(20)22/h9-10,14-15,18-19,27-29,31H,6-8,11-13,16-17H2,1-5H3/t19-,27+,28+,29+,30-/m0/s1. The van der Waals surface area contributed by atoms with Crippen LogP contribution in [0, 0.1) is 0 Å². The fourth-order valence-corrected chi connectivity index (χ4v) is 4.92. The molecule has 1 aromatic carbocycles. The van der Waals surface area contributed by atoms with Gasteiger partial charge >= 0.3 is 23.9 Å². The first-order valence-corrected chi connectivity index (χ1v) is 14.1. The van der Waals surface area contributed by atoms with Crippen molar-refractivity contribution in [3.8, 4) is 0 Å². The highest BCUT2D eigenvalue weighted by Gasteiger charge is 2.61. The van der Waals surface area contributed by atoms with Crippen LogP contribution in [0.25, 0.3) is 10.9 Å². The molecule has 10 nitrogen and oxygen atoms in total. The van der Waals surface area contributed by atoms with Crippen LogP contribution < -0.4 is 0 Å². The zero-order valence-electron chi connectivity index (χ0n) is 24.0. The first-order valence-electron chi connectivity index (χ1n) is 14.1. The quantitative estimate of drug-likeness (QED) is 0.269. The molecule has 3 rings (SSSR count). The van der Waals surface area contributed by atoms with Gasteiger partial charge in [-0.15, -0.1) is 0 Å². The molecule has 0 unspecified atom stereocenters. The van der Waals surface area contributed by atoms with Crippen molar-refractivity contribution in [2.75, 3.05) is 0 Å². The van der Waals surface area contributed by atoms with Gasteiger partial charge in [0.1, 0.15) is 6.10 Å². The predicted molar refractivity (Wildman–Crippen MR) is 146 cm³/mol. The summed E-state index contributed by atoms with van der Waals surface area (Å²) in [7, 11) is 0. The topological polar surface area (TPSA) is 130 Å². The zero-order chi connectivity index (χ0) is 29.3. The number of para-hydroxylation sites is 1. The molecule has 0 radical (unpaired) electrons. The molecule has 220 valence electrons. The molecule has 0 aliphatic carbocycles. The molecule has 1 N–H and O–H groups in total. The van der Waals surface area contributed by atoms with Crippen molar-refractivity contribution < 1.29 is 42.9 Å². The molecule has 1 aliphatic rings. The molecule has 0 spiro atoms. The second kappa shape index (κ2) is 14.3. The number of nitrogens with one attached hydrogen (secondary N) is 1. The Morgan fingerprint density at radius 1 is 0.825 bits per heavy atom. The summed E-state index contributed by atoms with van der Waals surface area (Å²) in [4.78, 5) is 54.2. The van der Waals surface area contributed by atoms with E-state index < -0.39 is 54.1 Å². The largest absolute Gasteiger partial charge is 0.455 e. The van der Waals surface area contributed by atoms with E-state index in [1.54, 1.807) is 6.92 Å². The maximum atomic E-state index is 13.0. The number of hydrogen-bond donors (Lipinski definition) is 1. The molecule has 40 heavy (non-hydrogen) atoms. The summed E-state index contributed by atoms with van der Waals surface area (Å²) in [5.74, 6) is -2.23. The molecular weight excluding hydrogens is 518 g/mol. The molecule has 0 bridgehead atoms. The van der Waals surface area contributed by atoms with E-state index in [-0.39, 0.29) is 25.7 Å². The Hall–Kier alpha value is -3.40. The van der Waals surface area contributed by atoms with Crippen molar-refractivity contribution in [3.63, 3.8) is 0 Å². The Balaban J connectivity index is 1.87. The number of esters is 4. The highest BCUT2D eigenvalue weighted by molar-refractivity contribution is 5.83. The molecular formula is C30H41NO9. The first kappa shape index (κ1) is 31.1. The van der Waals surface area contributed by atoms with Crippen LogP contribution in [-0.4, -0.2) is 59.1 Å². The summed E-state index contributed by atoms with van der Waals surface area (Å²) in [5.41, 5.74) is 0.252. The van der Waals surface area contributed by atoms with E-state index in [1.165, 1.54) is 6.92 Å². The van der Waals surface area contributed by atoms with Crippen molar-refractivity contribution in [2.45, 2.75) is 116 Å². The van der Waals surface area contributed by atoms with Gasteiger partial charge in [0.2, 0.25) is 12.4 Å². The third-order valence-corrected chi connectivity index (χ3v) is 6.89. The van der Waals surface area contributed by atoms with E-state index >= 15 is 0 Å². The average molecular weight is 560 g/mol. The van der Waals surface area contributed by atoms with Crippen LogP contribution in [0.5, 0.6) is 0 Å².